The van der Waals surface area contributed by atoms with Gasteiger partial charge in [0.1, 0.15) is 10.8 Å². The second kappa shape index (κ2) is 5.52. The van der Waals surface area contributed by atoms with E-state index >= 15 is 0 Å². The lowest BCUT2D eigenvalue weighted by atomic mass is 10.2. The molecule has 18 heavy (non-hydrogen) atoms. The van der Waals surface area contributed by atoms with Crippen LogP contribution in [0.4, 0.5) is 11.5 Å². The molecule has 0 spiro atoms. The van der Waals surface area contributed by atoms with E-state index in [1.807, 2.05) is 0 Å². The van der Waals surface area contributed by atoms with E-state index in [0.717, 1.165) is 5.56 Å². The van der Waals surface area contributed by atoms with E-state index in [-0.39, 0.29) is 0 Å². The third-order valence-electron chi connectivity index (χ3n) is 2.24. The van der Waals surface area contributed by atoms with Crippen LogP contribution in [0.15, 0.2) is 36.5 Å². The number of hydrogen-bond donors (Lipinski definition) is 2. The summed E-state index contributed by atoms with van der Waals surface area (Å²) in [5, 5.41) is 4.21. The molecule has 2 aromatic rings. The summed E-state index contributed by atoms with van der Waals surface area (Å²) in [5.74, 6) is 0.601. The highest BCUT2D eigenvalue weighted by molar-refractivity contribution is 7.80. The fraction of sp³-hybridized carbons (Fsp3) is 0. The quantitative estimate of drug-likeness (QED) is 0.847. The Balaban J connectivity index is 2.31. The van der Waals surface area contributed by atoms with Gasteiger partial charge in [0, 0.05) is 16.8 Å². The van der Waals surface area contributed by atoms with Gasteiger partial charge in [-0.1, -0.05) is 35.4 Å². The van der Waals surface area contributed by atoms with Crippen molar-refractivity contribution in [3.63, 3.8) is 0 Å². The largest absolute Gasteiger partial charge is 0.389 e. The maximum absolute atomic E-state index is 6.05. The Kier molecular flexibility index (Phi) is 4.01. The SMILES string of the molecule is NC(=S)c1ccnc(Nc2cc(Cl)ccc2Cl)c1. The van der Waals surface area contributed by atoms with Crippen molar-refractivity contribution in [2.75, 3.05) is 5.32 Å². The van der Waals surface area contributed by atoms with Gasteiger partial charge in [0.05, 0.1) is 10.7 Å². The van der Waals surface area contributed by atoms with Crippen molar-refractivity contribution in [2.24, 2.45) is 5.73 Å². The molecule has 0 bridgehead atoms. The van der Waals surface area contributed by atoms with Crippen molar-refractivity contribution in [3.05, 3.63) is 52.1 Å². The highest BCUT2D eigenvalue weighted by atomic mass is 35.5. The minimum absolute atomic E-state index is 0.317. The third kappa shape index (κ3) is 3.10. The molecule has 0 amide bonds. The number of nitrogens with two attached hydrogens (primary N) is 1. The maximum Gasteiger partial charge on any atom is 0.131 e. The molecule has 0 aliphatic rings. The lowest BCUT2D eigenvalue weighted by molar-refractivity contribution is 1.30. The summed E-state index contributed by atoms with van der Waals surface area (Å²) in [6, 6.07) is 8.64. The van der Waals surface area contributed by atoms with Gasteiger partial charge in [-0.3, -0.25) is 0 Å². The summed E-state index contributed by atoms with van der Waals surface area (Å²) in [4.78, 5) is 4.48. The van der Waals surface area contributed by atoms with Crippen LogP contribution in [0.25, 0.3) is 0 Å². The molecule has 0 fully saturated rings. The second-order valence-corrected chi connectivity index (χ2v) is 4.83. The Bertz CT molecular complexity index is 602. The van der Waals surface area contributed by atoms with Crippen molar-refractivity contribution in [3.8, 4) is 0 Å². The highest BCUT2D eigenvalue weighted by Gasteiger charge is 2.04. The Labute approximate surface area is 120 Å². The molecule has 0 aliphatic heterocycles. The van der Waals surface area contributed by atoms with E-state index in [2.05, 4.69) is 10.3 Å². The first-order chi connectivity index (χ1) is 8.56. The number of hydrogen-bond acceptors (Lipinski definition) is 3. The van der Waals surface area contributed by atoms with Crippen molar-refractivity contribution >= 4 is 51.9 Å². The zero-order valence-electron chi connectivity index (χ0n) is 9.15. The Morgan fingerprint density at radius 3 is 2.72 bits per heavy atom. The van der Waals surface area contributed by atoms with Gasteiger partial charge in [-0.2, -0.15) is 0 Å². The van der Waals surface area contributed by atoms with Crippen LogP contribution in [0.5, 0.6) is 0 Å². The van der Waals surface area contributed by atoms with Crippen molar-refractivity contribution < 1.29 is 0 Å². The number of pyridine rings is 1. The lowest BCUT2D eigenvalue weighted by Crippen LogP contribution is -2.09. The molecule has 0 unspecified atom stereocenters. The van der Waals surface area contributed by atoms with Crippen molar-refractivity contribution in [1.29, 1.82) is 0 Å². The normalized spacial score (nSPS) is 10.1. The number of anilines is 2. The molecule has 0 atom stereocenters. The molecular formula is C12H9Cl2N3S. The van der Waals surface area contributed by atoms with Crippen LogP contribution in [-0.4, -0.2) is 9.97 Å². The summed E-state index contributed by atoms with van der Waals surface area (Å²) >= 11 is 16.9. The van der Waals surface area contributed by atoms with Crippen molar-refractivity contribution in [1.82, 2.24) is 4.98 Å². The van der Waals surface area contributed by atoms with Gasteiger partial charge in [0.2, 0.25) is 0 Å². The fourth-order valence-electron chi connectivity index (χ4n) is 1.38. The lowest BCUT2D eigenvalue weighted by Gasteiger charge is -2.09. The van der Waals surface area contributed by atoms with Gasteiger partial charge >= 0.3 is 0 Å². The molecule has 3 nitrogen and oxygen atoms in total. The number of nitrogens with one attached hydrogen (secondary N) is 1. The summed E-state index contributed by atoms with van der Waals surface area (Å²) in [6.45, 7) is 0. The van der Waals surface area contributed by atoms with Crippen LogP contribution in [0.2, 0.25) is 10.0 Å². The molecule has 6 heteroatoms. The van der Waals surface area contributed by atoms with E-state index in [0.29, 0.717) is 26.5 Å². The average Bonchev–Trinajstić information content (AvgIpc) is 2.34. The molecule has 3 N–H and O–H groups in total. The van der Waals surface area contributed by atoms with Crippen LogP contribution >= 0.6 is 35.4 Å². The summed E-state index contributed by atoms with van der Waals surface area (Å²) < 4.78 is 0. The monoisotopic (exact) mass is 297 g/mol. The fourth-order valence-corrected chi connectivity index (χ4v) is 1.85. The molecule has 0 saturated heterocycles. The van der Waals surface area contributed by atoms with E-state index < -0.39 is 0 Å². The molecule has 2 rings (SSSR count). The van der Waals surface area contributed by atoms with Gasteiger partial charge in [-0.05, 0) is 30.3 Å². The summed E-state index contributed by atoms with van der Waals surface area (Å²) in [7, 11) is 0. The molecule has 0 saturated carbocycles. The van der Waals surface area contributed by atoms with E-state index in [9.17, 15) is 0 Å². The van der Waals surface area contributed by atoms with Crippen LogP contribution in [0, 0.1) is 0 Å². The molecule has 0 radical (unpaired) electrons. The Morgan fingerprint density at radius 2 is 2.00 bits per heavy atom. The first-order valence-corrected chi connectivity index (χ1v) is 6.20. The van der Waals surface area contributed by atoms with Gasteiger partial charge in [-0.25, -0.2) is 4.98 Å². The Hall–Kier alpha value is -1.36. The van der Waals surface area contributed by atoms with Gasteiger partial charge in [0.25, 0.3) is 0 Å². The van der Waals surface area contributed by atoms with Crippen molar-refractivity contribution in [2.45, 2.75) is 0 Å². The van der Waals surface area contributed by atoms with Gasteiger partial charge < -0.3 is 11.1 Å². The average molecular weight is 298 g/mol. The van der Waals surface area contributed by atoms with E-state index in [1.54, 1.807) is 36.5 Å². The Morgan fingerprint density at radius 1 is 1.22 bits per heavy atom. The molecule has 0 aliphatic carbocycles. The second-order valence-electron chi connectivity index (χ2n) is 3.54. The zero-order valence-corrected chi connectivity index (χ0v) is 11.5. The number of benzene rings is 1. The minimum atomic E-state index is 0.317. The zero-order chi connectivity index (χ0) is 13.1. The van der Waals surface area contributed by atoms with Crippen LogP contribution < -0.4 is 11.1 Å². The predicted molar refractivity (Wildman–Crippen MR) is 79.9 cm³/mol. The van der Waals surface area contributed by atoms with Crippen LogP contribution in [0.3, 0.4) is 0 Å². The van der Waals surface area contributed by atoms with Gasteiger partial charge in [0.15, 0.2) is 0 Å². The number of thiocarbonyl (C=S) groups is 1. The summed E-state index contributed by atoms with van der Waals surface area (Å²) in [6.07, 6.45) is 1.62. The van der Waals surface area contributed by atoms with Crippen LogP contribution in [-0.2, 0) is 0 Å². The highest BCUT2D eigenvalue weighted by Crippen LogP contribution is 2.27. The molecule has 1 heterocycles. The number of rotatable bonds is 3. The number of halogens is 2. The molecule has 92 valence electrons. The molecule has 1 aromatic carbocycles. The summed E-state index contributed by atoms with van der Waals surface area (Å²) in [5.41, 5.74) is 6.97. The number of nitrogens with zero attached hydrogens (tertiary/aromatic N) is 1. The third-order valence-corrected chi connectivity index (χ3v) is 3.04. The predicted octanol–water partition coefficient (Wildman–Crippen LogP) is 3.77. The number of aromatic nitrogens is 1. The molecular weight excluding hydrogens is 289 g/mol. The smallest absolute Gasteiger partial charge is 0.131 e. The molecule has 1 aromatic heterocycles. The first kappa shape index (κ1) is 13.1. The maximum atomic E-state index is 6.05. The standard InChI is InChI=1S/C12H9Cl2N3S/c13-8-1-2-9(14)10(6-8)17-11-5-7(12(15)18)3-4-16-11/h1-6H,(H2,15,18)(H,16,17). The minimum Gasteiger partial charge on any atom is -0.389 e. The first-order valence-electron chi connectivity index (χ1n) is 5.04. The van der Waals surface area contributed by atoms with E-state index in [1.165, 1.54) is 0 Å². The van der Waals surface area contributed by atoms with Crippen LogP contribution in [0.1, 0.15) is 5.56 Å². The van der Waals surface area contributed by atoms with E-state index in [4.69, 9.17) is 41.2 Å². The van der Waals surface area contributed by atoms with Gasteiger partial charge in [-0.15, -0.1) is 0 Å². The topological polar surface area (TPSA) is 50.9 Å².